The number of unbranched alkanes of at least 4 members (excludes halogenated alkanes) is 1. The second kappa shape index (κ2) is 56.9. The summed E-state index contributed by atoms with van der Waals surface area (Å²) in [6.07, 6.45) is 5.07. The highest BCUT2D eigenvalue weighted by atomic mass is 33.1. The number of rotatable bonds is 65. The number of carbonyl (C=O) groups excluding carboxylic acids is 10. The first kappa shape index (κ1) is 104. The highest BCUT2D eigenvalue weighted by Gasteiger charge is 2.45. The highest BCUT2D eigenvalue weighted by Crippen LogP contribution is 2.41. The van der Waals surface area contributed by atoms with Gasteiger partial charge in [0.1, 0.15) is 40.6 Å². The van der Waals surface area contributed by atoms with Crippen LogP contribution in [0.15, 0.2) is 58.8 Å². The Hall–Kier alpha value is -5.32. The van der Waals surface area contributed by atoms with E-state index in [4.69, 9.17) is 9.47 Å². The van der Waals surface area contributed by atoms with E-state index in [-0.39, 0.29) is 117 Å². The fraction of sp³-hybridized carbons (Fsp3) is 0.756. The van der Waals surface area contributed by atoms with Crippen LogP contribution in [0.25, 0.3) is 0 Å². The lowest BCUT2D eigenvalue weighted by Gasteiger charge is -2.37. The molecule has 0 saturated carbocycles. The first-order valence-electron chi connectivity index (χ1n) is 40.4. The van der Waals surface area contributed by atoms with Gasteiger partial charge in [0, 0.05) is 242 Å². The van der Waals surface area contributed by atoms with Crippen LogP contribution >= 0.6 is 43.2 Å². The Morgan fingerprint density at radius 2 is 0.788 bits per heavy atom. The Labute approximate surface area is 695 Å². The third-order valence-electron chi connectivity index (χ3n) is 20.8. The summed E-state index contributed by atoms with van der Waals surface area (Å²) < 4.78 is 10.9. The molecule has 0 aliphatic rings. The Bertz CT molecular complexity index is 3120. The Morgan fingerprint density at radius 3 is 1.19 bits per heavy atom. The molecule has 0 aliphatic heterocycles. The summed E-state index contributed by atoms with van der Waals surface area (Å²) in [5.74, 6) is -5.14. The summed E-state index contributed by atoms with van der Waals surface area (Å²) in [6, 6.07) is 11.5. The molecule has 113 heavy (non-hydrogen) atoms. The minimum Gasteiger partial charge on any atom is -0.465 e. The highest BCUT2D eigenvalue weighted by molar-refractivity contribution is 8.77. The van der Waals surface area contributed by atoms with E-state index >= 15 is 14.4 Å². The number of likely N-dealkylation sites (N-methyl/N-ethyl adjacent to an activating group) is 12. The summed E-state index contributed by atoms with van der Waals surface area (Å²) >= 11 is 0. The van der Waals surface area contributed by atoms with Crippen molar-refractivity contribution in [3.63, 3.8) is 0 Å². The number of pyridine rings is 2. The number of hydrogen-bond acceptors (Lipinski definition) is 26. The lowest BCUT2D eigenvalue weighted by Crippen LogP contribution is -2.45. The van der Waals surface area contributed by atoms with Crippen LogP contribution in [0.4, 0.5) is 0 Å². The van der Waals surface area contributed by atoms with Crippen LogP contribution in [-0.4, -0.2) is 351 Å². The van der Waals surface area contributed by atoms with E-state index in [1.54, 1.807) is 134 Å². The Kier molecular flexibility index (Phi) is 52.3. The molecule has 31 heteroatoms. The van der Waals surface area contributed by atoms with Crippen LogP contribution in [-0.2, 0) is 57.4 Å². The maximum absolute atomic E-state index is 15.9. The van der Waals surface area contributed by atoms with Crippen LogP contribution < -0.4 is 16.0 Å². The van der Waals surface area contributed by atoms with E-state index < -0.39 is 39.9 Å². The number of esters is 2. The molecule has 0 bridgehead atoms. The van der Waals surface area contributed by atoms with Crippen LogP contribution in [0.5, 0.6) is 0 Å². The molecule has 0 fully saturated rings. The Balaban J connectivity index is 2.45. The number of nitrogens with one attached hydrogen (secondary N) is 3. The first-order chi connectivity index (χ1) is 53.4. The number of Topliss-reactive ketones (excluding diaryl/α,β-unsaturated/α-hetero) is 3. The van der Waals surface area contributed by atoms with E-state index in [1.807, 2.05) is 107 Å². The molecule has 0 aliphatic carbocycles. The molecule has 644 valence electrons. The minimum absolute atomic E-state index is 0.0230. The van der Waals surface area contributed by atoms with Gasteiger partial charge in [0.25, 0.3) is 0 Å². The monoisotopic (exact) mass is 1660 g/mol. The van der Waals surface area contributed by atoms with Crippen molar-refractivity contribution in [2.75, 3.05) is 234 Å². The van der Waals surface area contributed by atoms with Crippen molar-refractivity contribution in [2.45, 2.75) is 142 Å². The number of hydrogen-bond donors (Lipinski definition) is 3. The van der Waals surface area contributed by atoms with E-state index in [2.05, 4.69) is 55.3 Å². The third-order valence-corrected chi connectivity index (χ3v) is 25.3. The average molecular weight is 1660 g/mol. The van der Waals surface area contributed by atoms with Crippen molar-refractivity contribution < 1.29 is 57.4 Å². The standard InChI is InChI=1S/C82H145N15O12S4/c1-21-23-32-87-77(105)66(60-73(101)95(18)49-45-90(13)39-35-83-9)62-81(5,6)69(99)58-67(79(107)97(20)51-47-91(14)40-36-84-10)63-82(7,8)76(104)65(59-72(100)94(17)50-46-92(15)43-41-88(11)37-30-74(102)108-53-55-110-112-70-28-24-26-33-85-70)61-80(3,4)68(98)57-64(22-2)78(106)96(19)52-48-93(16)44-42-89(12)38-31-75(103)109-54-56-111-113-71-29-25-27-34-86-71/h24-29,33-34,64-67,83-84H,21-23,30-32,35-63H2,1-20H3,(H,87,105). The van der Waals surface area contributed by atoms with Crippen LogP contribution in [0.2, 0.25) is 0 Å². The fourth-order valence-corrected chi connectivity index (χ4v) is 16.0. The summed E-state index contributed by atoms with van der Waals surface area (Å²) in [5.41, 5.74) is -3.80. The maximum Gasteiger partial charge on any atom is 0.307 e. The SMILES string of the molecule is CCCCNC(=O)C(CC(=O)N(C)CCN(C)CCNC)CC(C)(C)C(=O)CC(CC(C)(C)C(=O)C(CC(=O)N(C)CCN(C)CCN(C)CCC(=O)OCCSSc1ccccn1)CC(C)(C)C(=O)CC(CC)C(=O)N(C)CCN(C)CCN(C)CCC(=O)OCCSSc1ccccn1)C(=O)N(C)CCN(C)CCNC. The van der Waals surface area contributed by atoms with Crippen molar-refractivity contribution in [3.8, 4) is 0 Å². The smallest absolute Gasteiger partial charge is 0.307 e. The quantitative estimate of drug-likeness (QED) is 0.0325. The molecule has 2 aromatic rings. The third kappa shape index (κ3) is 44.2. The molecule has 0 saturated heterocycles. The van der Waals surface area contributed by atoms with E-state index in [1.165, 1.54) is 10.8 Å². The fourth-order valence-electron chi connectivity index (χ4n) is 12.6. The van der Waals surface area contributed by atoms with Crippen molar-refractivity contribution in [1.82, 2.24) is 74.9 Å². The number of carbonyl (C=O) groups is 10. The molecular formula is C82H145N15O12S4. The molecule has 2 heterocycles. The van der Waals surface area contributed by atoms with Gasteiger partial charge < -0.3 is 74.4 Å². The van der Waals surface area contributed by atoms with Gasteiger partial charge in [-0.15, -0.1) is 0 Å². The molecule has 4 unspecified atom stereocenters. The lowest BCUT2D eigenvalue weighted by atomic mass is 9.67. The normalized spacial score (nSPS) is 13.2. The molecule has 3 N–H and O–H groups in total. The van der Waals surface area contributed by atoms with Gasteiger partial charge in [-0.05, 0) is 134 Å². The van der Waals surface area contributed by atoms with Crippen LogP contribution in [0, 0.1) is 39.9 Å². The predicted molar refractivity (Wildman–Crippen MR) is 460 cm³/mol. The number of ether oxygens (including phenoxy) is 2. The minimum atomic E-state index is -1.36. The molecule has 0 aromatic carbocycles. The zero-order valence-corrected chi connectivity index (χ0v) is 75.8. The summed E-state index contributed by atoms with van der Waals surface area (Å²) in [4.78, 5) is 171. The molecule has 2 aromatic heterocycles. The summed E-state index contributed by atoms with van der Waals surface area (Å²) in [7, 11) is 28.6. The number of nitrogens with zero attached hydrogens (tertiary/aromatic N) is 12. The molecule has 0 spiro atoms. The Morgan fingerprint density at radius 1 is 0.425 bits per heavy atom. The van der Waals surface area contributed by atoms with Crippen LogP contribution in [0.1, 0.15) is 132 Å². The first-order valence-corrected chi connectivity index (χ1v) is 45.0. The molecular weight excluding hydrogens is 1520 g/mol. The number of amides is 5. The van der Waals surface area contributed by atoms with E-state index in [9.17, 15) is 33.6 Å². The molecule has 5 amide bonds. The second-order valence-electron chi connectivity index (χ2n) is 32.4. The van der Waals surface area contributed by atoms with E-state index in [0.29, 0.717) is 129 Å². The van der Waals surface area contributed by atoms with Gasteiger partial charge in [0.15, 0.2) is 0 Å². The zero-order valence-electron chi connectivity index (χ0n) is 72.6. The van der Waals surface area contributed by atoms with Gasteiger partial charge in [-0.1, -0.05) is 95.5 Å². The topological polar surface area (TPSA) is 283 Å². The molecule has 0 radical (unpaired) electrons. The molecule has 2 rings (SSSR count). The van der Waals surface area contributed by atoms with Crippen molar-refractivity contribution in [1.29, 1.82) is 0 Å². The number of aromatic nitrogens is 2. The maximum atomic E-state index is 15.9. The molecule has 4 atom stereocenters. The van der Waals surface area contributed by atoms with Crippen LogP contribution in [0.3, 0.4) is 0 Å². The van der Waals surface area contributed by atoms with Gasteiger partial charge >= 0.3 is 11.9 Å². The lowest BCUT2D eigenvalue weighted by molar-refractivity contribution is -0.145. The van der Waals surface area contributed by atoms with Gasteiger partial charge in [0.2, 0.25) is 29.5 Å². The summed E-state index contributed by atoms with van der Waals surface area (Å²) in [5, 5.41) is 11.1. The number of ketones is 3. The van der Waals surface area contributed by atoms with Crippen molar-refractivity contribution in [2.24, 2.45) is 39.9 Å². The second-order valence-corrected chi connectivity index (χ2v) is 37.3. The molecule has 27 nitrogen and oxygen atoms in total. The predicted octanol–water partition coefficient (Wildman–Crippen LogP) is 7.69. The van der Waals surface area contributed by atoms with Crippen molar-refractivity contribution >= 4 is 102 Å². The average Bonchev–Trinajstić information content (AvgIpc) is 0.802. The van der Waals surface area contributed by atoms with Gasteiger partial charge in [0.05, 0.1) is 12.8 Å². The van der Waals surface area contributed by atoms with Gasteiger partial charge in [-0.2, -0.15) is 0 Å². The van der Waals surface area contributed by atoms with Crippen molar-refractivity contribution in [3.05, 3.63) is 48.8 Å². The van der Waals surface area contributed by atoms with E-state index in [0.717, 1.165) is 49.1 Å². The van der Waals surface area contributed by atoms with Gasteiger partial charge in [-0.25, -0.2) is 9.97 Å². The zero-order chi connectivity index (χ0) is 84.7. The largest absolute Gasteiger partial charge is 0.465 e. The van der Waals surface area contributed by atoms with Gasteiger partial charge in [-0.3, -0.25) is 47.9 Å². The summed E-state index contributed by atoms with van der Waals surface area (Å²) in [6.45, 7) is 25.8.